The summed E-state index contributed by atoms with van der Waals surface area (Å²) in [4.78, 5) is 11.7. The van der Waals surface area contributed by atoms with E-state index in [-0.39, 0.29) is 5.82 Å². The Bertz CT molecular complexity index is 673. The Hall–Kier alpha value is -1.59. The summed E-state index contributed by atoms with van der Waals surface area (Å²) in [5.41, 5.74) is 7.31. The van der Waals surface area contributed by atoms with Gasteiger partial charge in [0.1, 0.15) is 11.9 Å². The minimum Gasteiger partial charge on any atom is -0.370 e. The molecule has 2 aromatic carbocycles. The molecule has 2 aromatic rings. The molecule has 0 heterocycles. The van der Waals surface area contributed by atoms with Crippen LogP contribution in [0.3, 0.4) is 0 Å². The Labute approximate surface area is 135 Å². The second kappa shape index (κ2) is 6.45. The molecule has 0 spiro atoms. The molecule has 0 aliphatic carbocycles. The van der Waals surface area contributed by atoms with Gasteiger partial charge in [0.05, 0.1) is 5.02 Å². The predicted molar refractivity (Wildman–Crippen MR) is 85.8 cm³/mol. The van der Waals surface area contributed by atoms with E-state index in [1.165, 1.54) is 12.1 Å². The fourth-order valence-corrected chi connectivity index (χ4v) is 2.51. The lowest BCUT2D eigenvalue weighted by molar-refractivity contribution is -0.118. The summed E-state index contributed by atoms with van der Waals surface area (Å²) in [5, 5.41) is 3.48. The third kappa shape index (κ3) is 3.95. The summed E-state index contributed by atoms with van der Waals surface area (Å²) in [6.45, 7) is 1.77. The van der Waals surface area contributed by atoms with Gasteiger partial charge in [0.2, 0.25) is 5.91 Å². The minimum absolute atomic E-state index is 0.377. The van der Waals surface area contributed by atoms with E-state index in [0.717, 1.165) is 5.56 Å². The van der Waals surface area contributed by atoms with Crippen molar-refractivity contribution in [1.82, 2.24) is 0 Å². The average Bonchev–Trinajstić information content (AvgIpc) is 2.38. The van der Waals surface area contributed by atoms with Crippen molar-refractivity contribution in [3.05, 3.63) is 62.8 Å². The SMILES string of the molecule is Cc1cc(F)cc(NC(C(N)=O)c2ccc(Cl)c(Br)c2)c1. The number of halogens is 3. The van der Waals surface area contributed by atoms with E-state index in [2.05, 4.69) is 21.2 Å². The molecular formula is C15H13BrClFN2O. The number of hydrogen-bond acceptors (Lipinski definition) is 2. The van der Waals surface area contributed by atoms with Crippen molar-refractivity contribution >= 4 is 39.1 Å². The summed E-state index contributed by atoms with van der Waals surface area (Å²) in [6, 6.07) is 8.75. The highest BCUT2D eigenvalue weighted by Gasteiger charge is 2.19. The van der Waals surface area contributed by atoms with E-state index in [1.807, 2.05) is 0 Å². The van der Waals surface area contributed by atoms with Gasteiger partial charge in [-0.2, -0.15) is 0 Å². The molecule has 0 fully saturated rings. The number of carbonyl (C=O) groups excluding carboxylic acids is 1. The standard InChI is InChI=1S/C15H13BrClFN2O/c1-8-4-10(18)7-11(5-8)20-14(15(19)21)9-2-3-13(17)12(16)6-9/h2-7,14,20H,1H3,(H2,19,21). The maximum Gasteiger partial charge on any atom is 0.244 e. The zero-order valence-electron chi connectivity index (χ0n) is 11.2. The molecule has 110 valence electrons. The number of amides is 1. The molecule has 1 amide bonds. The van der Waals surface area contributed by atoms with Crippen LogP contribution in [0.5, 0.6) is 0 Å². The summed E-state index contributed by atoms with van der Waals surface area (Å²) in [5.74, 6) is -0.941. The first-order valence-electron chi connectivity index (χ1n) is 6.15. The van der Waals surface area contributed by atoms with E-state index in [0.29, 0.717) is 20.7 Å². The van der Waals surface area contributed by atoms with Gasteiger partial charge in [-0.05, 0) is 64.3 Å². The molecular weight excluding hydrogens is 359 g/mol. The van der Waals surface area contributed by atoms with Gasteiger partial charge < -0.3 is 11.1 Å². The Morgan fingerprint density at radius 3 is 2.62 bits per heavy atom. The number of benzene rings is 2. The quantitative estimate of drug-likeness (QED) is 0.847. The maximum absolute atomic E-state index is 13.4. The van der Waals surface area contributed by atoms with Crippen LogP contribution in [0.2, 0.25) is 5.02 Å². The zero-order valence-corrected chi connectivity index (χ0v) is 13.5. The minimum atomic E-state index is -0.778. The van der Waals surface area contributed by atoms with Crippen molar-refractivity contribution in [3.63, 3.8) is 0 Å². The van der Waals surface area contributed by atoms with Crippen molar-refractivity contribution in [2.45, 2.75) is 13.0 Å². The highest BCUT2D eigenvalue weighted by atomic mass is 79.9. The third-order valence-electron chi connectivity index (χ3n) is 2.91. The Kier molecular flexibility index (Phi) is 4.85. The summed E-state index contributed by atoms with van der Waals surface area (Å²) in [7, 11) is 0. The van der Waals surface area contributed by atoms with E-state index >= 15 is 0 Å². The largest absolute Gasteiger partial charge is 0.370 e. The van der Waals surface area contributed by atoms with Gasteiger partial charge in [0.25, 0.3) is 0 Å². The first kappa shape index (κ1) is 15.8. The second-order valence-corrected chi connectivity index (χ2v) is 5.93. The van der Waals surface area contributed by atoms with Crippen LogP contribution in [-0.4, -0.2) is 5.91 Å². The molecule has 1 unspecified atom stereocenters. The van der Waals surface area contributed by atoms with Crippen molar-refractivity contribution < 1.29 is 9.18 Å². The first-order chi connectivity index (χ1) is 9.86. The van der Waals surface area contributed by atoms with Crippen molar-refractivity contribution in [3.8, 4) is 0 Å². The second-order valence-electron chi connectivity index (χ2n) is 4.67. The number of rotatable bonds is 4. The normalized spacial score (nSPS) is 12.0. The molecule has 3 nitrogen and oxygen atoms in total. The third-order valence-corrected chi connectivity index (χ3v) is 4.13. The number of anilines is 1. The molecule has 1 atom stereocenters. The predicted octanol–water partition coefficient (Wildman–Crippen LogP) is 4.19. The number of primary amides is 1. The van der Waals surface area contributed by atoms with Crippen molar-refractivity contribution in [1.29, 1.82) is 0 Å². The molecule has 0 saturated heterocycles. The average molecular weight is 372 g/mol. The maximum atomic E-state index is 13.4. The van der Waals surface area contributed by atoms with Crippen LogP contribution < -0.4 is 11.1 Å². The highest BCUT2D eigenvalue weighted by Crippen LogP contribution is 2.28. The van der Waals surface area contributed by atoms with Crippen LogP contribution in [0.4, 0.5) is 10.1 Å². The van der Waals surface area contributed by atoms with E-state index in [4.69, 9.17) is 17.3 Å². The molecule has 2 rings (SSSR count). The molecule has 0 aromatic heterocycles. The summed E-state index contributed by atoms with van der Waals surface area (Å²) < 4.78 is 14.1. The summed E-state index contributed by atoms with van der Waals surface area (Å²) >= 11 is 9.23. The lowest BCUT2D eigenvalue weighted by Crippen LogP contribution is -2.27. The molecule has 0 aliphatic rings. The van der Waals surface area contributed by atoms with Crippen molar-refractivity contribution in [2.24, 2.45) is 5.73 Å². The first-order valence-corrected chi connectivity index (χ1v) is 7.32. The number of nitrogens with two attached hydrogens (primary N) is 1. The lowest BCUT2D eigenvalue weighted by atomic mass is 10.1. The van der Waals surface area contributed by atoms with Gasteiger partial charge in [-0.3, -0.25) is 4.79 Å². The molecule has 0 aliphatic heterocycles. The molecule has 0 radical (unpaired) electrons. The van der Waals surface area contributed by atoms with E-state index in [9.17, 15) is 9.18 Å². The molecule has 6 heteroatoms. The summed E-state index contributed by atoms with van der Waals surface area (Å²) in [6.07, 6.45) is 0. The van der Waals surface area contributed by atoms with E-state index < -0.39 is 11.9 Å². The van der Waals surface area contributed by atoms with Gasteiger partial charge in [-0.1, -0.05) is 17.7 Å². The molecule has 0 saturated carbocycles. The topological polar surface area (TPSA) is 55.1 Å². The number of aryl methyl sites for hydroxylation is 1. The molecule has 3 N–H and O–H groups in total. The Morgan fingerprint density at radius 1 is 1.33 bits per heavy atom. The number of hydrogen-bond donors (Lipinski definition) is 2. The Morgan fingerprint density at radius 2 is 2.05 bits per heavy atom. The van der Waals surface area contributed by atoms with Crippen LogP contribution in [0.1, 0.15) is 17.2 Å². The van der Waals surface area contributed by atoms with Crippen LogP contribution in [0, 0.1) is 12.7 Å². The lowest BCUT2D eigenvalue weighted by Gasteiger charge is -2.18. The van der Waals surface area contributed by atoms with Crippen molar-refractivity contribution in [2.75, 3.05) is 5.32 Å². The highest BCUT2D eigenvalue weighted by molar-refractivity contribution is 9.10. The smallest absolute Gasteiger partial charge is 0.244 e. The van der Waals surface area contributed by atoms with Gasteiger partial charge in [0, 0.05) is 10.2 Å². The van der Waals surface area contributed by atoms with Crippen LogP contribution in [0.15, 0.2) is 40.9 Å². The number of carbonyl (C=O) groups is 1. The van der Waals surface area contributed by atoms with Crippen LogP contribution in [-0.2, 0) is 4.79 Å². The van der Waals surface area contributed by atoms with Gasteiger partial charge >= 0.3 is 0 Å². The fraction of sp³-hybridized carbons (Fsp3) is 0.133. The van der Waals surface area contributed by atoms with E-state index in [1.54, 1.807) is 31.2 Å². The molecule has 0 bridgehead atoms. The Balaban J connectivity index is 2.35. The van der Waals surface area contributed by atoms with Gasteiger partial charge in [0.15, 0.2) is 0 Å². The van der Waals surface area contributed by atoms with Crippen LogP contribution >= 0.6 is 27.5 Å². The monoisotopic (exact) mass is 370 g/mol. The molecule has 21 heavy (non-hydrogen) atoms. The number of nitrogens with one attached hydrogen (secondary N) is 1. The zero-order chi connectivity index (χ0) is 15.6. The van der Waals surface area contributed by atoms with Gasteiger partial charge in [-0.25, -0.2) is 4.39 Å². The fourth-order valence-electron chi connectivity index (χ4n) is 2.00. The van der Waals surface area contributed by atoms with Gasteiger partial charge in [-0.15, -0.1) is 0 Å². The van der Waals surface area contributed by atoms with Crippen LogP contribution in [0.25, 0.3) is 0 Å².